The largest absolute Gasteiger partial charge is 0.492 e. The zero-order valence-electron chi connectivity index (χ0n) is 16.9. The Balaban J connectivity index is 1.96. The maximum absolute atomic E-state index is 6.03. The van der Waals surface area contributed by atoms with Crippen molar-refractivity contribution in [2.75, 3.05) is 27.2 Å². The molecule has 0 aromatic heterocycles. The van der Waals surface area contributed by atoms with Gasteiger partial charge in [-0.25, -0.2) is 0 Å². The van der Waals surface area contributed by atoms with Crippen LogP contribution >= 0.6 is 0 Å². The Morgan fingerprint density at radius 1 is 0.750 bits per heavy atom. The highest BCUT2D eigenvalue weighted by atomic mass is 16.5. The molecule has 2 heteroatoms. The van der Waals surface area contributed by atoms with Gasteiger partial charge in [-0.1, -0.05) is 67.6 Å². The maximum Gasteiger partial charge on any atom is 0.120 e. The molecule has 0 aliphatic rings. The van der Waals surface area contributed by atoms with E-state index < -0.39 is 0 Å². The Morgan fingerprint density at radius 3 is 2.18 bits per heavy atom. The van der Waals surface area contributed by atoms with E-state index in [0.717, 1.165) is 18.7 Å². The molecule has 0 bridgehead atoms. The van der Waals surface area contributed by atoms with Gasteiger partial charge in [0.25, 0.3) is 0 Å². The van der Waals surface area contributed by atoms with E-state index in [1.807, 2.05) is 0 Å². The smallest absolute Gasteiger partial charge is 0.120 e. The first-order chi connectivity index (χ1) is 13.7. The molecule has 28 heavy (non-hydrogen) atoms. The van der Waals surface area contributed by atoms with Crippen LogP contribution in [0.5, 0.6) is 5.75 Å². The molecule has 0 fully saturated rings. The van der Waals surface area contributed by atoms with Crippen LogP contribution in [0.1, 0.15) is 12.5 Å². The SMILES string of the molecule is CCc1c(-c2ccccc2)c2ccc(OCCN(C)C)cc2c2ccccc12. The molecule has 2 nitrogen and oxygen atoms in total. The van der Waals surface area contributed by atoms with Crippen LogP contribution in [0.3, 0.4) is 0 Å². The second-order valence-corrected chi connectivity index (χ2v) is 7.48. The van der Waals surface area contributed by atoms with Crippen LogP contribution in [0.25, 0.3) is 32.7 Å². The predicted molar refractivity (Wildman–Crippen MR) is 120 cm³/mol. The first kappa shape index (κ1) is 18.5. The molecule has 4 aromatic carbocycles. The van der Waals surface area contributed by atoms with Crippen molar-refractivity contribution in [3.05, 3.63) is 78.4 Å². The third-order valence-corrected chi connectivity index (χ3v) is 5.33. The average Bonchev–Trinajstić information content (AvgIpc) is 2.73. The zero-order chi connectivity index (χ0) is 19.5. The molecule has 0 amide bonds. The minimum absolute atomic E-state index is 0.690. The van der Waals surface area contributed by atoms with Gasteiger partial charge in [0, 0.05) is 6.54 Å². The lowest BCUT2D eigenvalue weighted by atomic mass is 9.87. The lowest BCUT2D eigenvalue weighted by Gasteiger charge is -2.18. The van der Waals surface area contributed by atoms with Crippen molar-refractivity contribution < 1.29 is 4.74 Å². The van der Waals surface area contributed by atoms with Crippen molar-refractivity contribution in [1.29, 1.82) is 0 Å². The molecular formula is C26H27NO. The van der Waals surface area contributed by atoms with Crippen LogP contribution in [0.15, 0.2) is 72.8 Å². The molecule has 0 unspecified atom stereocenters. The van der Waals surface area contributed by atoms with E-state index in [1.165, 1.54) is 38.2 Å². The minimum atomic E-state index is 0.690. The summed E-state index contributed by atoms with van der Waals surface area (Å²) in [6.45, 7) is 3.84. The minimum Gasteiger partial charge on any atom is -0.492 e. The first-order valence-electron chi connectivity index (χ1n) is 9.99. The van der Waals surface area contributed by atoms with Gasteiger partial charge in [-0.2, -0.15) is 0 Å². The Kier molecular flexibility index (Phi) is 5.31. The summed E-state index contributed by atoms with van der Waals surface area (Å²) in [5.74, 6) is 0.933. The number of fused-ring (bicyclic) bond motifs is 3. The van der Waals surface area contributed by atoms with Crippen molar-refractivity contribution in [2.45, 2.75) is 13.3 Å². The van der Waals surface area contributed by atoms with Crippen LogP contribution in [-0.4, -0.2) is 32.1 Å². The van der Waals surface area contributed by atoms with Gasteiger partial charge in [0.15, 0.2) is 0 Å². The Labute approximate surface area is 167 Å². The van der Waals surface area contributed by atoms with Crippen molar-refractivity contribution in [1.82, 2.24) is 4.90 Å². The fraction of sp³-hybridized carbons (Fsp3) is 0.231. The summed E-state index contributed by atoms with van der Waals surface area (Å²) in [5, 5.41) is 5.18. The summed E-state index contributed by atoms with van der Waals surface area (Å²) in [6, 6.07) is 26.0. The molecule has 0 N–H and O–H groups in total. The molecule has 0 saturated heterocycles. The third-order valence-electron chi connectivity index (χ3n) is 5.33. The summed E-state index contributed by atoms with van der Waals surface area (Å²) < 4.78 is 6.03. The van der Waals surface area contributed by atoms with E-state index in [0.29, 0.717) is 6.61 Å². The summed E-state index contributed by atoms with van der Waals surface area (Å²) in [7, 11) is 4.13. The van der Waals surface area contributed by atoms with Crippen LogP contribution in [0.2, 0.25) is 0 Å². The highest BCUT2D eigenvalue weighted by molar-refractivity contribution is 6.16. The van der Waals surface area contributed by atoms with Gasteiger partial charge >= 0.3 is 0 Å². The lowest BCUT2D eigenvalue weighted by Crippen LogP contribution is -2.19. The number of benzene rings is 4. The summed E-state index contributed by atoms with van der Waals surface area (Å²) in [6.07, 6.45) is 1.00. The van der Waals surface area contributed by atoms with E-state index in [4.69, 9.17) is 4.74 Å². The zero-order valence-corrected chi connectivity index (χ0v) is 16.9. The first-order valence-corrected chi connectivity index (χ1v) is 9.99. The van der Waals surface area contributed by atoms with Crippen molar-refractivity contribution in [2.24, 2.45) is 0 Å². The van der Waals surface area contributed by atoms with Gasteiger partial charge in [0.1, 0.15) is 12.4 Å². The summed E-state index contributed by atoms with van der Waals surface area (Å²) in [4.78, 5) is 2.14. The number of nitrogens with zero attached hydrogens (tertiary/aromatic N) is 1. The monoisotopic (exact) mass is 369 g/mol. The fourth-order valence-electron chi connectivity index (χ4n) is 3.98. The topological polar surface area (TPSA) is 12.5 Å². The normalized spacial score (nSPS) is 11.4. The van der Waals surface area contributed by atoms with E-state index in [9.17, 15) is 0 Å². The van der Waals surface area contributed by atoms with Crippen LogP contribution in [0, 0.1) is 0 Å². The molecule has 4 aromatic rings. The van der Waals surface area contributed by atoms with E-state index in [2.05, 4.69) is 98.7 Å². The van der Waals surface area contributed by atoms with Gasteiger partial charge in [-0.15, -0.1) is 0 Å². The number of rotatable bonds is 6. The number of likely N-dealkylation sites (N-methyl/N-ethyl adjacent to an activating group) is 1. The van der Waals surface area contributed by atoms with Crippen LogP contribution in [0.4, 0.5) is 0 Å². The Hall–Kier alpha value is -2.84. The highest BCUT2D eigenvalue weighted by Gasteiger charge is 2.15. The number of aryl methyl sites for hydroxylation is 1. The molecule has 0 aliphatic carbocycles. The third kappa shape index (κ3) is 3.48. The molecule has 0 aliphatic heterocycles. The van der Waals surface area contributed by atoms with Crippen LogP contribution < -0.4 is 4.74 Å². The number of hydrogen-bond acceptors (Lipinski definition) is 2. The standard InChI is InChI=1S/C26H27NO/c1-4-21-22-12-8-9-13-23(22)25-18-20(28-17-16-27(2)3)14-15-24(25)26(21)19-10-6-5-7-11-19/h5-15,18H,4,16-17H2,1-3H3. The predicted octanol–water partition coefficient (Wildman–Crippen LogP) is 6.16. The average molecular weight is 370 g/mol. The molecule has 0 spiro atoms. The molecule has 0 atom stereocenters. The maximum atomic E-state index is 6.03. The van der Waals surface area contributed by atoms with Crippen molar-refractivity contribution in [3.8, 4) is 16.9 Å². The molecule has 0 saturated carbocycles. The lowest BCUT2D eigenvalue weighted by molar-refractivity contribution is 0.261. The second-order valence-electron chi connectivity index (χ2n) is 7.48. The molecule has 142 valence electrons. The molecule has 4 rings (SSSR count). The van der Waals surface area contributed by atoms with E-state index in [1.54, 1.807) is 0 Å². The number of hydrogen-bond donors (Lipinski definition) is 0. The second kappa shape index (κ2) is 8.04. The quantitative estimate of drug-likeness (QED) is 0.377. The van der Waals surface area contributed by atoms with Crippen LogP contribution in [-0.2, 0) is 6.42 Å². The van der Waals surface area contributed by atoms with E-state index in [-0.39, 0.29) is 0 Å². The van der Waals surface area contributed by atoms with Gasteiger partial charge in [-0.05, 0) is 70.9 Å². The highest BCUT2D eigenvalue weighted by Crippen LogP contribution is 2.40. The van der Waals surface area contributed by atoms with Crippen molar-refractivity contribution >= 4 is 21.5 Å². The van der Waals surface area contributed by atoms with E-state index >= 15 is 0 Å². The van der Waals surface area contributed by atoms with Gasteiger partial charge in [0.05, 0.1) is 0 Å². The Bertz CT molecular complexity index is 1100. The summed E-state index contributed by atoms with van der Waals surface area (Å²) in [5.41, 5.74) is 4.03. The molecule has 0 heterocycles. The number of ether oxygens (including phenoxy) is 1. The van der Waals surface area contributed by atoms with Gasteiger partial charge < -0.3 is 9.64 Å². The molecular weight excluding hydrogens is 342 g/mol. The molecule has 0 radical (unpaired) electrons. The Morgan fingerprint density at radius 2 is 1.46 bits per heavy atom. The van der Waals surface area contributed by atoms with Gasteiger partial charge in [0.2, 0.25) is 0 Å². The van der Waals surface area contributed by atoms with Crippen molar-refractivity contribution in [3.63, 3.8) is 0 Å². The summed E-state index contributed by atoms with van der Waals surface area (Å²) >= 11 is 0. The fourth-order valence-corrected chi connectivity index (χ4v) is 3.98. The van der Waals surface area contributed by atoms with Gasteiger partial charge in [-0.3, -0.25) is 0 Å².